The first kappa shape index (κ1) is 24.9. The molecule has 0 saturated carbocycles. The Morgan fingerprint density at radius 2 is 1.89 bits per heavy atom. The molecule has 0 aliphatic heterocycles. The van der Waals surface area contributed by atoms with Gasteiger partial charge >= 0.3 is 5.97 Å². The standard InChI is InChI=1S/C24H20ClFN4O3S2/c1-3-30-21(16-6-4-5-7-18(16)25)28-29-24(30)35-13-19(31)27-22-20(23(32)33-2)17(12-34-22)14-8-10-15(26)11-9-14/h4-12H,3,13H2,1-2H3,(H,27,31). The van der Waals surface area contributed by atoms with Gasteiger partial charge in [-0.15, -0.1) is 21.5 Å². The Morgan fingerprint density at radius 3 is 2.57 bits per heavy atom. The van der Waals surface area contributed by atoms with Crippen LogP contribution in [0, 0.1) is 5.82 Å². The number of thioether (sulfide) groups is 1. The highest BCUT2D eigenvalue weighted by Crippen LogP contribution is 2.36. The molecule has 11 heteroatoms. The summed E-state index contributed by atoms with van der Waals surface area (Å²) in [4.78, 5) is 25.3. The van der Waals surface area contributed by atoms with Crippen LogP contribution in [0.25, 0.3) is 22.5 Å². The van der Waals surface area contributed by atoms with Gasteiger partial charge in [0.25, 0.3) is 0 Å². The molecule has 0 bridgehead atoms. The lowest BCUT2D eigenvalue weighted by molar-refractivity contribution is -0.113. The minimum absolute atomic E-state index is 0.0467. The number of esters is 1. The Hall–Kier alpha value is -3.21. The lowest BCUT2D eigenvalue weighted by atomic mass is 10.0. The topological polar surface area (TPSA) is 86.1 Å². The zero-order valence-electron chi connectivity index (χ0n) is 18.7. The molecule has 0 saturated heterocycles. The quantitative estimate of drug-likeness (QED) is 0.222. The van der Waals surface area contributed by atoms with E-state index in [2.05, 4.69) is 15.5 Å². The fourth-order valence-electron chi connectivity index (χ4n) is 3.41. The average molecular weight is 531 g/mol. The van der Waals surface area contributed by atoms with E-state index in [1.807, 2.05) is 29.7 Å². The average Bonchev–Trinajstić information content (AvgIpc) is 3.47. The van der Waals surface area contributed by atoms with Gasteiger partial charge < -0.3 is 14.6 Å². The van der Waals surface area contributed by atoms with Crippen molar-refractivity contribution >= 4 is 51.6 Å². The molecule has 180 valence electrons. The zero-order valence-corrected chi connectivity index (χ0v) is 21.1. The Morgan fingerprint density at radius 1 is 1.14 bits per heavy atom. The molecule has 2 aromatic heterocycles. The van der Waals surface area contributed by atoms with Crippen LogP contribution in [0.1, 0.15) is 17.3 Å². The highest BCUT2D eigenvalue weighted by molar-refractivity contribution is 7.99. The van der Waals surface area contributed by atoms with Crippen molar-refractivity contribution in [2.45, 2.75) is 18.6 Å². The van der Waals surface area contributed by atoms with E-state index in [1.54, 1.807) is 23.6 Å². The number of carbonyl (C=O) groups is 2. The molecule has 2 heterocycles. The lowest BCUT2D eigenvalue weighted by Crippen LogP contribution is -2.16. The van der Waals surface area contributed by atoms with Crippen molar-refractivity contribution in [3.8, 4) is 22.5 Å². The zero-order chi connectivity index (χ0) is 24.9. The second kappa shape index (κ2) is 11.0. The van der Waals surface area contributed by atoms with Gasteiger partial charge in [0.15, 0.2) is 11.0 Å². The molecule has 0 spiro atoms. The third kappa shape index (κ3) is 5.39. The molecule has 2 aromatic carbocycles. The Balaban J connectivity index is 1.51. The van der Waals surface area contributed by atoms with Crippen LogP contribution < -0.4 is 5.32 Å². The predicted octanol–water partition coefficient (Wildman–Crippen LogP) is 6.00. The van der Waals surface area contributed by atoms with E-state index in [9.17, 15) is 14.0 Å². The number of hydrogen-bond acceptors (Lipinski definition) is 7. The van der Waals surface area contributed by atoms with Gasteiger partial charge in [-0.25, -0.2) is 9.18 Å². The van der Waals surface area contributed by atoms with E-state index < -0.39 is 5.97 Å². The largest absolute Gasteiger partial charge is 0.465 e. The normalized spacial score (nSPS) is 10.9. The number of hydrogen-bond donors (Lipinski definition) is 1. The maximum Gasteiger partial charge on any atom is 0.341 e. The van der Waals surface area contributed by atoms with Crippen LogP contribution in [0.4, 0.5) is 9.39 Å². The molecule has 0 unspecified atom stereocenters. The van der Waals surface area contributed by atoms with E-state index in [4.69, 9.17) is 16.3 Å². The molecule has 0 aliphatic rings. The molecule has 1 amide bonds. The van der Waals surface area contributed by atoms with Crippen molar-refractivity contribution in [1.29, 1.82) is 0 Å². The highest BCUT2D eigenvalue weighted by atomic mass is 35.5. The van der Waals surface area contributed by atoms with Gasteiger partial charge in [-0.05, 0) is 36.8 Å². The number of rotatable bonds is 8. The molecule has 0 fully saturated rings. The van der Waals surface area contributed by atoms with E-state index in [0.717, 1.165) is 5.56 Å². The SMILES string of the molecule is CCn1c(SCC(=O)Nc2scc(-c3ccc(F)cc3)c2C(=O)OC)nnc1-c1ccccc1Cl. The number of nitrogens with zero attached hydrogens (tertiary/aromatic N) is 3. The molecule has 0 atom stereocenters. The number of anilines is 1. The second-order valence-electron chi connectivity index (χ2n) is 7.22. The van der Waals surface area contributed by atoms with Crippen LogP contribution in [0.2, 0.25) is 5.02 Å². The second-order valence-corrected chi connectivity index (χ2v) is 9.45. The molecular weight excluding hydrogens is 511 g/mol. The van der Waals surface area contributed by atoms with Crippen LogP contribution >= 0.6 is 34.7 Å². The van der Waals surface area contributed by atoms with E-state index in [1.165, 1.54) is 42.3 Å². The monoisotopic (exact) mass is 530 g/mol. The number of thiophene rings is 1. The smallest absolute Gasteiger partial charge is 0.341 e. The molecule has 0 aliphatic carbocycles. The van der Waals surface area contributed by atoms with Crippen LogP contribution in [-0.4, -0.2) is 39.5 Å². The van der Waals surface area contributed by atoms with Gasteiger partial charge in [-0.1, -0.05) is 47.6 Å². The van der Waals surface area contributed by atoms with Crippen molar-refractivity contribution in [3.63, 3.8) is 0 Å². The molecule has 4 rings (SSSR count). The van der Waals surface area contributed by atoms with Crippen LogP contribution in [0.15, 0.2) is 59.1 Å². The summed E-state index contributed by atoms with van der Waals surface area (Å²) in [6.45, 7) is 2.55. The third-order valence-electron chi connectivity index (χ3n) is 5.07. The van der Waals surface area contributed by atoms with Crippen molar-refractivity contribution < 1.29 is 18.7 Å². The van der Waals surface area contributed by atoms with E-state index >= 15 is 0 Å². The van der Waals surface area contributed by atoms with Gasteiger partial charge in [-0.3, -0.25) is 4.79 Å². The molecule has 1 N–H and O–H groups in total. The Labute approximate surface area is 214 Å². The molecule has 7 nitrogen and oxygen atoms in total. The van der Waals surface area contributed by atoms with Crippen molar-refractivity contribution in [1.82, 2.24) is 14.8 Å². The fraction of sp³-hybridized carbons (Fsp3) is 0.167. The number of aromatic nitrogens is 3. The van der Waals surface area contributed by atoms with Crippen molar-refractivity contribution in [2.75, 3.05) is 18.2 Å². The van der Waals surface area contributed by atoms with Crippen molar-refractivity contribution in [3.05, 3.63) is 70.3 Å². The number of halogens is 2. The van der Waals surface area contributed by atoms with Crippen LogP contribution in [0.5, 0.6) is 0 Å². The number of methoxy groups -OCH3 is 1. The number of carbonyl (C=O) groups excluding carboxylic acids is 2. The summed E-state index contributed by atoms with van der Waals surface area (Å²) in [6, 6.07) is 13.1. The number of amides is 1. The first-order valence-electron chi connectivity index (χ1n) is 10.5. The van der Waals surface area contributed by atoms with Crippen molar-refractivity contribution in [2.24, 2.45) is 0 Å². The van der Waals surface area contributed by atoms with Gasteiger partial charge in [-0.2, -0.15) is 0 Å². The summed E-state index contributed by atoms with van der Waals surface area (Å²) in [5, 5.41) is 14.5. The van der Waals surface area contributed by atoms with Gasteiger partial charge in [0.2, 0.25) is 5.91 Å². The molecular formula is C24H20ClFN4O3S2. The fourth-order valence-corrected chi connectivity index (χ4v) is 5.41. The minimum atomic E-state index is -0.594. The summed E-state index contributed by atoms with van der Waals surface area (Å²) in [6.07, 6.45) is 0. The summed E-state index contributed by atoms with van der Waals surface area (Å²) < 4.78 is 20.1. The van der Waals surface area contributed by atoms with Gasteiger partial charge in [0, 0.05) is 23.1 Å². The minimum Gasteiger partial charge on any atom is -0.465 e. The van der Waals surface area contributed by atoms with Crippen LogP contribution in [-0.2, 0) is 16.1 Å². The Bertz CT molecular complexity index is 1370. The summed E-state index contributed by atoms with van der Waals surface area (Å²) in [5.74, 6) is -0.630. The maximum atomic E-state index is 13.3. The Kier molecular flexibility index (Phi) is 7.84. The van der Waals surface area contributed by atoms with E-state index in [-0.39, 0.29) is 23.0 Å². The molecule has 0 radical (unpaired) electrons. The van der Waals surface area contributed by atoms with Gasteiger partial charge in [0.05, 0.1) is 17.9 Å². The highest BCUT2D eigenvalue weighted by Gasteiger charge is 2.23. The summed E-state index contributed by atoms with van der Waals surface area (Å²) in [7, 11) is 1.27. The van der Waals surface area contributed by atoms with Crippen LogP contribution in [0.3, 0.4) is 0 Å². The summed E-state index contributed by atoms with van der Waals surface area (Å²) in [5.41, 5.74) is 2.18. The first-order chi connectivity index (χ1) is 16.9. The maximum absolute atomic E-state index is 13.3. The number of benzene rings is 2. The molecule has 35 heavy (non-hydrogen) atoms. The first-order valence-corrected chi connectivity index (χ1v) is 12.7. The molecule has 4 aromatic rings. The third-order valence-corrected chi connectivity index (χ3v) is 7.26. The number of ether oxygens (including phenoxy) is 1. The van der Waals surface area contributed by atoms with Gasteiger partial charge in [0.1, 0.15) is 16.4 Å². The predicted molar refractivity (Wildman–Crippen MR) is 137 cm³/mol. The number of nitrogens with one attached hydrogen (secondary N) is 1. The summed E-state index contributed by atoms with van der Waals surface area (Å²) >= 11 is 8.74. The van der Waals surface area contributed by atoms with E-state index in [0.29, 0.717) is 38.7 Å². The lowest BCUT2D eigenvalue weighted by Gasteiger charge is -2.09.